The summed E-state index contributed by atoms with van der Waals surface area (Å²) in [6, 6.07) is 10.1. The second-order valence-corrected chi connectivity index (χ2v) is 5.08. The molecule has 0 N–H and O–H groups in total. The van der Waals surface area contributed by atoms with Crippen molar-refractivity contribution in [2.24, 2.45) is 11.3 Å². The fourth-order valence-electron chi connectivity index (χ4n) is 3.53. The Labute approximate surface area is 93.9 Å². The van der Waals surface area contributed by atoms with Gasteiger partial charge in [0.15, 0.2) is 0 Å². The lowest BCUT2D eigenvalue weighted by Gasteiger charge is -2.26. The van der Waals surface area contributed by atoms with E-state index in [9.17, 15) is 4.79 Å². The second-order valence-electron chi connectivity index (χ2n) is 5.08. The Morgan fingerprint density at radius 3 is 2.81 bits per heavy atom. The number of carbonyl (C=O) groups is 1. The lowest BCUT2D eigenvalue weighted by atomic mass is 9.71. The molecule has 3 atom stereocenters. The molecule has 16 heavy (non-hydrogen) atoms. The van der Waals surface area contributed by atoms with Crippen molar-refractivity contribution >= 4 is 5.97 Å². The molecule has 1 aliphatic heterocycles. The first kappa shape index (κ1) is 8.57. The van der Waals surface area contributed by atoms with Crippen molar-refractivity contribution in [3.63, 3.8) is 0 Å². The van der Waals surface area contributed by atoms with Gasteiger partial charge in [-0.3, -0.25) is 4.79 Å². The molecule has 3 unspecified atom stereocenters. The molecule has 1 saturated heterocycles. The van der Waals surface area contributed by atoms with Crippen LogP contribution < -0.4 is 0 Å². The maximum atomic E-state index is 12.1. The minimum Gasteiger partial charge on any atom is -0.464 e. The van der Waals surface area contributed by atoms with Gasteiger partial charge in [-0.15, -0.1) is 0 Å². The van der Waals surface area contributed by atoms with Crippen molar-refractivity contribution in [2.75, 3.05) is 6.61 Å². The summed E-state index contributed by atoms with van der Waals surface area (Å²) in [5.41, 5.74) is 0.679. The summed E-state index contributed by atoms with van der Waals surface area (Å²) < 4.78 is 5.33. The van der Waals surface area contributed by atoms with E-state index >= 15 is 0 Å². The second kappa shape index (κ2) is 2.40. The monoisotopic (exact) mass is 212 g/mol. The van der Waals surface area contributed by atoms with Crippen molar-refractivity contribution in [3.8, 4) is 0 Å². The van der Waals surface area contributed by atoms with Gasteiger partial charge in [-0.2, -0.15) is 0 Å². The zero-order chi connectivity index (χ0) is 10.8. The van der Waals surface area contributed by atoms with Gasteiger partial charge in [-0.05, 0) is 17.9 Å². The number of ether oxygens (including phenoxy) is 1. The summed E-state index contributed by atoms with van der Waals surface area (Å²) in [5.74, 6) is 0.495. The molecule has 0 aromatic heterocycles. The van der Waals surface area contributed by atoms with E-state index in [2.05, 4.69) is 12.2 Å². The van der Waals surface area contributed by atoms with E-state index in [1.54, 1.807) is 0 Å². The third kappa shape index (κ3) is 0.692. The van der Waals surface area contributed by atoms with Crippen LogP contribution in [0.15, 0.2) is 42.5 Å². The number of hydrogen-bond donors (Lipinski definition) is 0. The number of benzene rings is 1. The molecule has 1 aromatic carbocycles. The van der Waals surface area contributed by atoms with Crippen LogP contribution in [0.3, 0.4) is 0 Å². The van der Waals surface area contributed by atoms with Crippen molar-refractivity contribution in [3.05, 3.63) is 48.0 Å². The molecular weight excluding hydrogens is 200 g/mol. The van der Waals surface area contributed by atoms with E-state index in [-0.39, 0.29) is 11.4 Å². The molecule has 0 radical (unpaired) electrons. The van der Waals surface area contributed by atoms with Gasteiger partial charge < -0.3 is 4.74 Å². The highest BCUT2D eigenvalue weighted by atomic mass is 16.5. The highest BCUT2D eigenvalue weighted by molar-refractivity contribution is 5.91. The van der Waals surface area contributed by atoms with Gasteiger partial charge in [0.25, 0.3) is 0 Å². The molecule has 0 amide bonds. The fourth-order valence-corrected chi connectivity index (χ4v) is 3.53. The van der Waals surface area contributed by atoms with Crippen molar-refractivity contribution in [1.29, 1.82) is 0 Å². The van der Waals surface area contributed by atoms with E-state index in [0.29, 0.717) is 12.5 Å². The van der Waals surface area contributed by atoms with Crippen LogP contribution >= 0.6 is 0 Å². The first-order valence-electron chi connectivity index (χ1n) is 5.72. The molecule has 4 rings (SSSR count). The van der Waals surface area contributed by atoms with Crippen molar-refractivity contribution in [1.82, 2.24) is 0 Å². The molecule has 2 heteroatoms. The lowest BCUT2D eigenvalue weighted by molar-refractivity contribution is -0.141. The normalized spacial score (nSPS) is 42.8. The standard InChI is InChI=1S/C14H12O2/c15-12-14(10-4-2-1-3-5-10)7-6-11-8-13(11,14)9-16-12/h1-7,11H,8-9H2. The quantitative estimate of drug-likeness (QED) is 0.526. The van der Waals surface area contributed by atoms with Crippen LogP contribution in [0.25, 0.3) is 0 Å². The first-order chi connectivity index (χ1) is 7.80. The van der Waals surface area contributed by atoms with E-state index in [0.717, 1.165) is 12.0 Å². The van der Waals surface area contributed by atoms with Crippen LogP contribution in [0.2, 0.25) is 0 Å². The van der Waals surface area contributed by atoms with Crippen LogP contribution in [0.4, 0.5) is 0 Å². The minimum atomic E-state index is -0.473. The number of allylic oxidation sites excluding steroid dienone is 1. The maximum absolute atomic E-state index is 12.1. The summed E-state index contributed by atoms with van der Waals surface area (Å²) in [5, 5.41) is 0. The zero-order valence-electron chi connectivity index (χ0n) is 8.85. The predicted molar refractivity (Wildman–Crippen MR) is 58.8 cm³/mol. The fraction of sp³-hybridized carbons (Fsp3) is 0.357. The number of esters is 1. The third-order valence-electron chi connectivity index (χ3n) is 4.51. The molecule has 2 aliphatic carbocycles. The van der Waals surface area contributed by atoms with Crippen LogP contribution in [-0.4, -0.2) is 12.6 Å². The average molecular weight is 212 g/mol. The van der Waals surface area contributed by atoms with Crippen LogP contribution in [0, 0.1) is 11.3 Å². The van der Waals surface area contributed by atoms with Crippen LogP contribution in [0.1, 0.15) is 12.0 Å². The molecule has 1 heterocycles. The highest BCUT2D eigenvalue weighted by Crippen LogP contribution is 2.72. The molecule has 1 spiro atoms. The Morgan fingerprint density at radius 1 is 1.25 bits per heavy atom. The Balaban J connectivity index is 1.97. The SMILES string of the molecule is O=C1OCC23CC2C=CC13c1ccccc1. The van der Waals surface area contributed by atoms with Crippen LogP contribution in [0.5, 0.6) is 0 Å². The Hall–Kier alpha value is -1.57. The highest BCUT2D eigenvalue weighted by Gasteiger charge is 2.76. The largest absolute Gasteiger partial charge is 0.464 e. The molecule has 1 saturated carbocycles. The minimum absolute atomic E-state index is 0.0602. The number of hydrogen-bond acceptors (Lipinski definition) is 2. The summed E-state index contributed by atoms with van der Waals surface area (Å²) >= 11 is 0. The predicted octanol–water partition coefficient (Wildman–Crippen LogP) is 2.06. The van der Waals surface area contributed by atoms with Crippen molar-refractivity contribution < 1.29 is 9.53 Å². The molecule has 2 nitrogen and oxygen atoms in total. The Kier molecular flexibility index (Phi) is 1.28. The van der Waals surface area contributed by atoms with E-state index in [1.807, 2.05) is 30.3 Å². The van der Waals surface area contributed by atoms with Gasteiger partial charge >= 0.3 is 5.97 Å². The smallest absolute Gasteiger partial charge is 0.321 e. The summed E-state index contributed by atoms with van der Waals surface area (Å²) in [6.07, 6.45) is 5.38. The summed E-state index contributed by atoms with van der Waals surface area (Å²) in [7, 11) is 0. The summed E-state index contributed by atoms with van der Waals surface area (Å²) in [6.45, 7) is 0.596. The van der Waals surface area contributed by atoms with Gasteiger partial charge in [0.2, 0.25) is 0 Å². The lowest BCUT2D eigenvalue weighted by Crippen LogP contribution is -2.36. The van der Waals surface area contributed by atoms with Gasteiger partial charge in [-0.1, -0.05) is 42.5 Å². The van der Waals surface area contributed by atoms with E-state index in [4.69, 9.17) is 4.74 Å². The molecule has 0 bridgehead atoms. The topological polar surface area (TPSA) is 26.3 Å². The summed E-state index contributed by atoms with van der Waals surface area (Å²) in [4.78, 5) is 12.1. The zero-order valence-corrected chi connectivity index (χ0v) is 8.85. The van der Waals surface area contributed by atoms with Gasteiger partial charge in [0, 0.05) is 5.41 Å². The van der Waals surface area contributed by atoms with Gasteiger partial charge in [0.05, 0.1) is 6.61 Å². The number of carbonyl (C=O) groups excluding carboxylic acids is 1. The Bertz CT molecular complexity index is 505. The van der Waals surface area contributed by atoms with Gasteiger partial charge in [-0.25, -0.2) is 0 Å². The number of rotatable bonds is 1. The molecule has 2 fully saturated rings. The average Bonchev–Trinajstić information content (AvgIpc) is 2.83. The number of cyclic esters (lactones) is 1. The molecular formula is C14H12O2. The van der Waals surface area contributed by atoms with E-state index < -0.39 is 5.41 Å². The van der Waals surface area contributed by atoms with E-state index in [1.165, 1.54) is 0 Å². The van der Waals surface area contributed by atoms with Gasteiger partial charge in [0.1, 0.15) is 5.41 Å². The molecule has 80 valence electrons. The Morgan fingerprint density at radius 2 is 2.06 bits per heavy atom. The maximum Gasteiger partial charge on any atom is 0.321 e. The van der Waals surface area contributed by atoms with Crippen molar-refractivity contribution in [2.45, 2.75) is 11.8 Å². The third-order valence-corrected chi connectivity index (χ3v) is 4.51. The molecule has 3 aliphatic rings. The first-order valence-corrected chi connectivity index (χ1v) is 5.72. The van der Waals surface area contributed by atoms with Crippen LogP contribution in [-0.2, 0) is 14.9 Å². The molecule has 1 aromatic rings.